The number of hydrogen-bond acceptors (Lipinski definition) is 6. The predicted molar refractivity (Wildman–Crippen MR) is 122 cm³/mol. The molecule has 12 nitrogen and oxygen atoms in total. The summed E-state index contributed by atoms with van der Waals surface area (Å²) in [6, 6.07) is 5.09. The van der Waals surface area contributed by atoms with Crippen LogP contribution in [0.4, 0.5) is 10.5 Å². The Morgan fingerprint density at radius 1 is 1.18 bits per heavy atom. The first-order valence-electron chi connectivity index (χ1n) is 10.5. The molecule has 0 aromatic heterocycles. The molecule has 0 saturated heterocycles. The van der Waals surface area contributed by atoms with E-state index in [2.05, 4.69) is 26.0 Å². The van der Waals surface area contributed by atoms with Crippen LogP contribution in [0.5, 0.6) is 0 Å². The van der Waals surface area contributed by atoms with Crippen LogP contribution in [0.25, 0.3) is 10.4 Å². The van der Waals surface area contributed by atoms with Gasteiger partial charge in [0.05, 0.1) is 12.6 Å². The molecule has 2 atom stereocenters. The third-order valence-corrected chi connectivity index (χ3v) is 4.86. The largest absolute Gasteiger partial charge is 0.392 e. The molecule has 6 N–H and O–H groups in total. The summed E-state index contributed by atoms with van der Waals surface area (Å²) in [5, 5.41) is 20.1. The highest BCUT2D eigenvalue weighted by atomic mass is 16.3. The van der Waals surface area contributed by atoms with E-state index in [-0.39, 0.29) is 37.2 Å². The minimum absolute atomic E-state index is 0.125. The molecule has 0 bridgehead atoms. The highest BCUT2D eigenvalue weighted by molar-refractivity contribution is 5.97. The Balaban J connectivity index is 2.91. The van der Waals surface area contributed by atoms with Gasteiger partial charge in [0.2, 0.25) is 11.8 Å². The van der Waals surface area contributed by atoms with E-state index in [1.54, 1.807) is 38.1 Å². The average Bonchev–Trinajstić information content (AvgIpc) is 2.77. The second-order valence-electron chi connectivity index (χ2n) is 7.82. The van der Waals surface area contributed by atoms with Crippen molar-refractivity contribution < 1.29 is 24.3 Å². The quantitative estimate of drug-likeness (QED) is 0.121. The molecule has 1 rings (SSSR count). The van der Waals surface area contributed by atoms with E-state index in [1.165, 1.54) is 0 Å². The summed E-state index contributed by atoms with van der Waals surface area (Å²) in [6.07, 6.45) is 0.569. The summed E-state index contributed by atoms with van der Waals surface area (Å²) in [4.78, 5) is 51.2. The normalized spacial score (nSPS) is 12.2. The molecule has 0 fully saturated rings. The number of aliphatic hydroxyl groups excluding tert-OH is 1. The number of Topliss-reactive ketones (excluding diaryl/α,β-unsaturated/α-hetero) is 1. The number of carbonyl (C=O) groups excluding carboxylic acids is 4. The molecule has 0 saturated carbocycles. The zero-order valence-electron chi connectivity index (χ0n) is 18.8. The van der Waals surface area contributed by atoms with Gasteiger partial charge in [0.15, 0.2) is 5.78 Å². The minimum atomic E-state index is -0.853. The summed E-state index contributed by atoms with van der Waals surface area (Å²) in [6.45, 7) is 3.20. The molecule has 0 radical (unpaired) electrons. The van der Waals surface area contributed by atoms with Gasteiger partial charge in [-0.1, -0.05) is 31.1 Å². The molecule has 0 aliphatic rings. The molecule has 4 amide bonds. The molecule has 33 heavy (non-hydrogen) atoms. The summed E-state index contributed by atoms with van der Waals surface area (Å²) in [5.74, 6) is -2.28. The zero-order chi connectivity index (χ0) is 24.8. The molecule has 0 aliphatic carbocycles. The fourth-order valence-electron chi connectivity index (χ4n) is 3.13. The molecule has 1 aromatic carbocycles. The van der Waals surface area contributed by atoms with Crippen molar-refractivity contribution >= 4 is 29.3 Å². The van der Waals surface area contributed by atoms with Crippen molar-refractivity contribution in [3.63, 3.8) is 0 Å². The maximum Gasteiger partial charge on any atom is 0.312 e. The van der Waals surface area contributed by atoms with Gasteiger partial charge in [0, 0.05) is 29.5 Å². The fraction of sp³-hybridized carbons (Fsp3) is 0.524. The minimum Gasteiger partial charge on any atom is -0.392 e. The maximum absolute atomic E-state index is 13.0. The lowest BCUT2D eigenvalue weighted by Gasteiger charge is -2.24. The molecule has 0 aliphatic heterocycles. The van der Waals surface area contributed by atoms with Crippen molar-refractivity contribution in [2.24, 2.45) is 22.7 Å². The van der Waals surface area contributed by atoms with E-state index >= 15 is 0 Å². The topological polar surface area (TPSA) is 199 Å². The summed E-state index contributed by atoms with van der Waals surface area (Å²) < 4.78 is 0. The standard InChI is InChI=1S/C21H31N7O5/c1-13(2)19(27-18(31)11-25-28-23)17(30)10-15(4-3-9-24-21(22)33)20(32)26-16-7-5-14(12-29)6-8-16/h5-8,13,15,19,29H,3-4,9-12H2,1-2H3,(H,26,32)(H,27,31)(H3,22,24,33)/t15-,19+/m1/s1. The third-order valence-electron chi connectivity index (χ3n) is 4.86. The van der Waals surface area contributed by atoms with Crippen LogP contribution in [0.3, 0.4) is 0 Å². The Hall–Kier alpha value is -3.63. The number of aliphatic hydroxyl groups is 1. The number of nitrogens with two attached hydrogens (primary N) is 1. The van der Waals surface area contributed by atoms with Crippen LogP contribution in [-0.4, -0.2) is 47.9 Å². The summed E-state index contributed by atoms with van der Waals surface area (Å²) in [5.41, 5.74) is 14.6. The van der Waals surface area contributed by atoms with Crippen molar-refractivity contribution in [2.75, 3.05) is 18.4 Å². The predicted octanol–water partition coefficient (Wildman–Crippen LogP) is 1.59. The second kappa shape index (κ2) is 14.4. The number of azide groups is 1. The number of hydrogen-bond donors (Lipinski definition) is 5. The summed E-state index contributed by atoms with van der Waals surface area (Å²) >= 11 is 0. The van der Waals surface area contributed by atoms with Gasteiger partial charge in [-0.25, -0.2) is 4.79 Å². The summed E-state index contributed by atoms with van der Waals surface area (Å²) in [7, 11) is 0. The lowest BCUT2D eigenvalue weighted by atomic mass is 9.89. The molecule has 1 aromatic rings. The Bertz CT molecular complexity index is 866. The first-order valence-corrected chi connectivity index (χ1v) is 10.5. The monoisotopic (exact) mass is 461 g/mol. The van der Waals surface area contributed by atoms with Crippen LogP contribution in [0.2, 0.25) is 0 Å². The van der Waals surface area contributed by atoms with Crippen LogP contribution in [0.1, 0.15) is 38.7 Å². The van der Waals surface area contributed by atoms with Gasteiger partial charge in [0.1, 0.15) is 6.54 Å². The van der Waals surface area contributed by atoms with Gasteiger partial charge in [-0.2, -0.15) is 0 Å². The van der Waals surface area contributed by atoms with Crippen molar-refractivity contribution in [1.82, 2.24) is 10.6 Å². The maximum atomic E-state index is 13.0. The van der Waals surface area contributed by atoms with Crippen molar-refractivity contribution in [1.29, 1.82) is 0 Å². The highest BCUT2D eigenvalue weighted by Gasteiger charge is 2.29. The number of nitrogens with one attached hydrogen (secondary N) is 3. The Kier molecular flexibility index (Phi) is 12.0. The lowest BCUT2D eigenvalue weighted by molar-refractivity contribution is -0.130. The van der Waals surface area contributed by atoms with Crippen LogP contribution in [-0.2, 0) is 21.0 Å². The number of benzene rings is 1. The van der Waals surface area contributed by atoms with E-state index in [1.807, 2.05) is 0 Å². The second-order valence-corrected chi connectivity index (χ2v) is 7.82. The third kappa shape index (κ3) is 10.5. The molecule has 0 spiro atoms. The van der Waals surface area contributed by atoms with E-state index in [4.69, 9.17) is 16.4 Å². The molecule has 0 unspecified atom stereocenters. The van der Waals surface area contributed by atoms with Gasteiger partial charge in [-0.3, -0.25) is 14.4 Å². The fourth-order valence-corrected chi connectivity index (χ4v) is 3.13. The van der Waals surface area contributed by atoms with Gasteiger partial charge in [-0.15, -0.1) is 0 Å². The molecule has 12 heteroatoms. The van der Waals surface area contributed by atoms with Crippen LogP contribution < -0.4 is 21.7 Å². The lowest BCUT2D eigenvalue weighted by Crippen LogP contribution is -2.46. The van der Waals surface area contributed by atoms with Gasteiger partial charge in [-0.05, 0) is 42.0 Å². The Labute approximate surface area is 191 Å². The Morgan fingerprint density at radius 3 is 2.39 bits per heavy atom. The van der Waals surface area contributed by atoms with E-state index < -0.39 is 30.4 Å². The van der Waals surface area contributed by atoms with Crippen molar-refractivity contribution in [3.8, 4) is 0 Å². The zero-order valence-corrected chi connectivity index (χ0v) is 18.8. The van der Waals surface area contributed by atoms with Crippen LogP contribution in [0.15, 0.2) is 29.4 Å². The molecular formula is C21H31N7O5. The highest BCUT2D eigenvalue weighted by Crippen LogP contribution is 2.19. The number of urea groups is 1. The van der Waals surface area contributed by atoms with Gasteiger partial charge < -0.3 is 26.8 Å². The smallest absolute Gasteiger partial charge is 0.312 e. The number of rotatable bonds is 14. The number of anilines is 1. The average molecular weight is 462 g/mol. The SMILES string of the molecule is CC(C)[C@H](NC(=O)CN=[N+]=[N-])C(=O)C[C@@H](CCCNC(N)=O)C(=O)Nc1ccc(CO)cc1. The number of primary amides is 1. The van der Waals surface area contributed by atoms with E-state index in [0.717, 1.165) is 0 Å². The molecule has 180 valence electrons. The first-order chi connectivity index (χ1) is 15.7. The first kappa shape index (κ1) is 27.4. The van der Waals surface area contributed by atoms with Crippen LogP contribution in [0, 0.1) is 11.8 Å². The van der Waals surface area contributed by atoms with Crippen molar-refractivity contribution in [2.45, 2.75) is 45.8 Å². The number of amides is 4. The molecular weight excluding hydrogens is 430 g/mol. The van der Waals surface area contributed by atoms with Crippen molar-refractivity contribution in [3.05, 3.63) is 40.3 Å². The number of ketones is 1. The van der Waals surface area contributed by atoms with E-state index in [0.29, 0.717) is 24.1 Å². The number of nitrogens with zero attached hydrogens (tertiary/aromatic N) is 3. The van der Waals surface area contributed by atoms with Gasteiger partial charge in [0.25, 0.3) is 0 Å². The number of carbonyl (C=O) groups is 4. The van der Waals surface area contributed by atoms with Gasteiger partial charge >= 0.3 is 6.03 Å². The molecule has 0 heterocycles. The van der Waals surface area contributed by atoms with Crippen LogP contribution >= 0.6 is 0 Å². The van der Waals surface area contributed by atoms with E-state index in [9.17, 15) is 19.2 Å². The Morgan fingerprint density at radius 2 is 1.85 bits per heavy atom.